The van der Waals surface area contributed by atoms with Crippen LogP contribution < -0.4 is 15.2 Å². The lowest BCUT2D eigenvalue weighted by atomic mass is 10.1. The predicted molar refractivity (Wildman–Crippen MR) is 89.9 cm³/mol. The minimum absolute atomic E-state index is 0.360. The van der Waals surface area contributed by atoms with Crippen molar-refractivity contribution >= 4 is 23.3 Å². The van der Waals surface area contributed by atoms with Gasteiger partial charge in [-0.05, 0) is 35.4 Å². The zero-order valence-electron chi connectivity index (χ0n) is 13.2. The second kappa shape index (κ2) is 6.04. The Morgan fingerprint density at radius 2 is 1.61 bits per heavy atom. The van der Waals surface area contributed by atoms with Gasteiger partial charge in [-0.3, -0.25) is 4.57 Å². The summed E-state index contributed by atoms with van der Waals surface area (Å²) in [7, 11) is 4.91. The summed E-state index contributed by atoms with van der Waals surface area (Å²) in [5, 5.41) is 0. The zero-order chi connectivity index (χ0) is 16.4. The third-order valence-electron chi connectivity index (χ3n) is 3.69. The van der Waals surface area contributed by atoms with Crippen molar-refractivity contribution in [1.29, 1.82) is 0 Å². The first-order valence-electron chi connectivity index (χ1n) is 7.12. The summed E-state index contributed by atoms with van der Waals surface area (Å²) < 4.78 is 17.1. The van der Waals surface area contributed by atoms with E-state index in [1.807, 2.05) is 42.5 Å². The van der Waals surface area contributed by atoms with E-state index in [0.29, 0.717) is 17.1 Å². The van der Waals surface area contributed by atoms with Crippen LogP contribution in [0.2, 0.25) is 0 Å². The Morgan fingerprint density at radius 1 is 0.957 bits per heavy atom. The van der Waals surface area contributed by atoms with Gasteiger partial charge in [-0.2, -0.15) is 0 Å². The molecular weight excluding hydrogens is 294 g/mol. The quantitative estimate of drug-likeness (QED) is 0.694. The number of hydrogen-bond donors (Lipinski definition) is 0. The molecule has 0 aliphatic heterocycles. The van der Waals surface area contributed by atoms with Crippen LogP contribution in [0.25, 0.3) is 23.3 Å². The van der Waals surface area contributed by atoms with E-state index in [0.717, 1.165) is 16.6 Å². The van der Waals surface area contributed by atoms with Crippen molar-refractivity contribution in [3.8, 4) is 11.5 Å². The third-order valence-corrected chi connectivity index (χ3v) is 3.69. The average molecular weight is 311 g/mol. The summed E-state index contributed by atoms with van der Waals surface area (Å²) in [6.07, 6.45) is 3.94. The van der Waals surface area contributed by atoms with Crippen LogP contribution in [-0.4, -0.2) is 18.8 Å². The lowest BCUT2D eigenvalue weighted by Gasteiger charge is -2.07. The van der Waals surface area contributed by atoms with Crippen LogP contribution in [0.3, 0.4) is 0 Å². The van der Waals surface area contributed by atoms with E-state index >= 15 is 0 Å². The first-order chi connectivity index (χ1) is 11.1. The van der Waals surface area contributed by atoms with Crippen molar-refractivity contribution in [3.05, 3.63) is 58.1 Å². The minimum Gasteiger partial charge on any atom is -0.493 e. The van der Waals surface area contributed by atoms with Crippen LogP contribution in [0.15, 0.2) is 45.6 Å². The van der Waals surface area contributed by atoms with Crippen molar-refractivity contribution in [2.75, 3.05) is 14.2 Å². The molecule has 118 valence electrons. The van der Waals surface area contributed by atoms with Gasteiger partial charge in [-0.25, -0.2) is 4.79 Å². The van der Waals surface area contributed by atoms with E-state index in [2.05, 4.69) is 0 Å². The number of ether oxygens (including phenoxy) is 2. The molecule has 0 atom stereocenters. The molecule has 0 aliphatic rings. The van der Waals surface area contributed by atoms with Gasteiger partial charge in [-0.15, -0.1) is 0 Å². The maximum Gasteiger partial charge on any atom is 0.419 e. The number of methoxy groups -OCH3 is 2. The normalized spacial score (nSPS) is 11.3. The number of aryl methyl sites for hydroxylation is 1. The summed E-state index contributed by atoms with van der Waals surface area (Å²) in [5.41, 5.74) is 3.32. The van der Waals surface area contributed by atoms with Crippen molar-refractivity contribution in [2.45, 2.75) is 0 Å². The second-order valence-electron chi connectivity index (χ2n) is 5.10. The Kier molecular flexibility index (Phi) is 3.93. The molecule has 0 unspecified atom stereocenters. The van der Waals surface area contributed by atoms with Gasteiger partial charge in [0.2, 0.25) is 0 Å². The lowest BCUT2D eigenvalue weighted by molar-refractivity contribution is 0.355. The predicted octanol–water partition coefficient (Wildman–Crippen LogP) is 3.32. The Labute approximate surface area is 133 Å². The van der Waals surface area contributed by atoms with Crippen molar-refractivity contribution < 1.29 is 13.9 Å². The lowest BCUT2D eigenvalue weighted by Crippen LogP contribution is -2.08. The number of fused-ring (bicyclic) bond motifs is 1. The number of benzene rings is 2. The van der Waals surface area contributed by atoms with Crippen LogP contribution in [0.5, 0.6) is 11.5 Å². The van der Waals surface area contributed by atoms with Gasteiger partial charge < -0.3 is 13.9 Å². The number of aromatic nitrogens is 1. The smallest absolute Gasteiger partial charge is 0.419 e. The molecule has 0 spiro atoms. The maximum absolute atomic E-state index is 11.5. The van der Waals surface area contributed by atoms with Crippen LogP contribution in [0.4, 0.5) is 0 Å². The third kappa shape index (κ3) is 2.85. The van der Waals surface area contributed by atoms with E-state index in [9.17, 15) is 4.79 Å². The molecule has 0 bridgehead atoms. The molecule has 3 aromatic rings. The number of nitrogens with zero attached hydrogens (tertiary/aromatic N) is 1. The van der Waals surface area contributed by atoms with Gasteiger partial charge in [0.1, 0.15) is 0 Å². The number of oxazole rings is 1. The Bertz CT molecular complexity index is 934. The van der Waals surface area contributed by atoms with Gasteiger partial charge in [-0.1, -0.05) is 24.3 Å². The monoisotopic (exact) mass is 311 g/mol. The maximum atomic E-state index is 11.5. The zero-order valence-corrected chi connectivity index (χ0v) is 13.2. The van der Waals surface area contributed by atoms with E-state index < -0.39 is 0 Å². The SMILES string of the molecule is COc1ccc(/C=C/c2ccc3oc(=O)n(C)c3c2)cc1OC. The largest absolute Gasteiger partial charge is 0.493 e. The molecule has 5 heteroatoms. The fourth-order valence-corrected chi connectivity index (χ4v) is 2.40. The number of rotatable bonds is 4. The molecule has 0 saturated heterocycles. The van der Waals surface area contributed by atoms with Crippen LogP contribution in [0.1, 0.15) is 11.1 Å². The van der Waals surface area contributed by atoms with Crippen LogP contribution >= 0.6 is 0 Å². The summed E-state index contributed by atoms with van der Waals surface area (Å²) in [5.74, 6) is 1.02. The van der Waals surface area contributed by atoms with E-state index in [-0.39, 0.29) is 5.76 Å². The van der Waals surface area contributed by atoms with Gasteiger partial charge in [0.25, 0.3) is 0 Å². The van der Waals surface area contributed by atoms with Gasteiger partial charge in [0, 0.05) is 7.05 Å². The van der Waals surface area contributed by atoms with Gasteiger partial charge in [0.15, 0.2) is 17.1 Å². The van der Waals surface area contributed by atoms with Gasteiger partial charge >= 0.3 is 5.76 Å². The molecule has 0 fully saturated rings. The summed E-state index contributed by atoms with van der Waals surface area (Å²) >= 11 is 0. The summed E-state index contributed by atoms with van der Waals surface area (Å²) in [6.45, 7) is 0. The number of hydrogen-bond acceptors (Lipinski definition) is 4. The molecule has 2 aromatic carbocycles. The first kappa shape index (κ1) is 15.0. The van der Waals surface area contributed by atoms with E-state index in [1.54, 1.807) is 27.3 Å². The molecule has 0 radical (unpaired) electrons. The molecule has 3 rings (SSSR count). The highest BCUT2D eigenvalue weighted by atomic mass is 16.5. The molecule has 0 aliphatic carbocycles. The highest BCUT2D eigenvalue weighted by Crippen LogP contribution is 2.28. The van der Waals surface area contributed by atoms with Crippen LogP contribution in [-0.2, 0) is 7.05 Å². The minimum atomic E-state index is -0.360. The van der Waals surface area contributed by atoms with Crippen molar-refractivity contribution in [2.24, 2.45) is 7.05 Å². The molecule has 0 amide bonds. The fraction of sp³-hybridized carbons (Fsp3) is 0.167. The topological polar surface area (TPSA) is 53.6 Å². The highest BCUT2D eigenvalue weighted by Gasteiger charge is 2.06. The molecule has 0 saturated carbocycles. The molecule has 1 aromatic heterocycles. The Balaban J connectivity index is 1.93. The molecule has 1 heterocycles. The van der Waals surface area contributed by atoms with Crippen molar-refractivity contribution in [3.63, 3.8) is 0 Å². The summed E-state index contributed by atoms with van der Waals surface area (Å²) in [4.78, 5) is 11.5. The van der Waals surface area contributed by atoms with E-state index in [4.69, 9.17) is 13.9 Å². The molecule has 23 heavy (non-hydrogen) atoms. The standard InChI is InChI=1S/C18H17NO4/c1-19-14-10-12(6-8-15(14)23-18(19)20)4-5-13-7-9-16(21-2)17(11-13)22-3/h4-11H,1-3H3/b5-4+. The summed E-state index contributed by atoms with van der Waals surface area (Å²) in [6, 6.07) is 11.3. The highest BCUT2D eigenvalue weighted by molar-refractivity contribution is 5.79. The van der Waals surface area contributed by atoms with Crippen LogP contribution in [0, 0.1) is 0 Å². The second-order valence-corrected chi connectivity index (χ2v) is 5.10. The first-order valence-corrected chi connectivity index (χ1v) is 7.12. The van der Waals surface area contributed by atoms with Gasteiger partial charge in [0.05, 0.1) is 19.7 Å². The Hall–Kier alpha value is -2.95. The molecular formula is C18H17NO4. The molecule has 5 nitrogen and oxygen atoms in total. The van der Waals surface area contributed by atoms with Crippen molar-refractivity contribution in [1.82, 2.24) is 4.57 Å². The average Bonchev–Trinajstić information content (AvgIpc) is 2.87. The molecule has 0 N–H and O–H groups in total. The Morgan fingerprint density at radius 3 is 2.30 bits per heavy atom. The fourth-order valence-electron chi connectivity index (χ4n) is 2.40. The van der Waals surface area contributed by atoms with E-state index in [1.165, 1.54) is 4.57 Å².